The molecule has 0 atom stereocenters. The van der Waals surface area contributed by atoms with E-state index in [1.54, 1.807) is 16.3 Å². The van der Waals surface area contributed by atoms with Gasteiger partial charge in [0.05, 0.1) is 24.9 Å². The van der Waals surface area contributed by atoms with E-state index >= 15 is 0 Å². The van der Waals surface area contributed by atoms with Gasteiger partial charge < -0.3 is 15.0 Å². The number of nitrogen functional groups attached to an aromatic ring is 1. The molecule has 12 heteroatoms. The number of rotatable bonds is 7. The van der Waals surface area contributed by atoms with Crippen LogP contribution in [0.4, 0.5) is 11.5 Å². The van der Waals surface area contributed by atoms with Gasteiger partial charge in [-0.3, -0.25) is 4.72 Å². The highest BCUT2D eigenvalue weighted by atomic mass is 32.2. The highest BCUT2D eigenvalue weighted by Crippen LogP contribution is 2.24. The standard InChI is InChI=1S/C14H16N6O4S2/c1-26(22,23)19-9-3-6-25-11(9)14(21)24-5-2-4-20-8-18-10-12(15)16-7-17-13(10)20/h3,6-8,19H,2,4-5H2,1H3,(H2,15,16,17). The number of nitrogens with zero attached hydrogens (tertiary/aromatic N) is 4. The van der Waals surface area contributed by atoms with Crippen molar-refractivity contribution < 1.29 is 17.9 Å². The molecule has 0 radical (unpaired) electrons. The lowest BCUT2D eigenvalue weighted by atomic mass is 10.4. The van der Waals surface area contributed by atoms with Crippen LogP contribution in [-0.4, -0.2) is 46.8 Å². The van der Waals surface area contributed by atoms with Gasteiger partial charge in [-0.05, 0) is 17.9 Å². The van der Waals surface area contributed by atoms with Crippen molar-refractivity contribution in [1.29, 1.82) is 0 Å². The Morgan fingerprint density at radius 1 is 1.38 bits per heavy atom. The lowest BCUT2D eigenvalue weighted by Gasteiger charge is -2.07. The van der Waals surface area contributed by atoms with Crippen LogP contribution in [-0.2, 0) is 21.3 Å². The largest absolute Gasteiger partial charge is 0.461 e. The van der Waals surface area contributed by atoms with E-state index in [9.17, 15) is 13.2 Å². The number of aryl methyl sites for hydroxylation is 1. The number of nitrogens with two attached hydrogens (primary N) is 1. The highest BCUT2D eigenvalue weighted by molar-refractivity contribution is 7.92. The first-order valence-corrected chi connectivity index (χ1v) is 10.3. The number of hydrogen-bond acceptors (Lipinski definition) is 9. The van der Waals surface area contributed by atoms with Crippen LogP contribution < -0.4 is 10.5 Å². The van der Waals surface area contributed by atoms with E-state index in [1.807, 2.05) is 0 Å². The average molecular weight is 396 g/mol. The summed E-state index contributed by atoms with van der Waals surface area (Å²) < 4.78 is 31.9. The van der Waals surface area contributed by atoms with Crippen LogP contribution >= 0.6 is 11.3 Å². The molecule has 0 unspecified atom stereocenters. The Labute approximate surface area is 153 Å². The molecule has 0 fully saturated rings. The first-order valence-electron chi connectivity index (χ1n) is 7.49. The number of sulfonamides is 1. The van der Waals surface area contributed by atoms with E-state index in [2.05, 4.69) is 19.7 Å². The Bertz CT molecular complexity index is 1040. The Morgan fingerprint density at radius 3 is 2.96 bits per heavy atom. The summed E-state index contributed by atoms with van der Waals surface area (Å²) in [6.45, 7) is 0.689. The van der Waals surface area contributed by atoms with Gasteiger partial charge in [0.15, 0.2) is 11.5 Å². The van der Waals surface area contributed by atoms with Crippen molar-refractivity contribution in [2.45, 2.75) is 13.0 Å². The Balaban J connectivity index is 1.56. The second-order valence-corrected chi connectivity index (χ2v) is 8.06. The third kappa shape index (κ3) is 4.08. The molecule has 3 aromatic rings. The second kappa shape index (κ2) is 7.25. The Hall–Kier alpha value is -2.73. The summed E-state index contributed by atoms with van der Waals surface area (Å²) in [7, 11) is -3.47. The van der Waals surface area contributed by atoms with E-state index in [1.165, 1.54) is 12.4 Å². The Kier molecular flexibility index (Phi) is 5.04. The van der Waals surface area contributed by atoms with Gasteiger partial charge in [-0.1, -0.05) is 0 Å². The molecule has 0 aliphatic heterocycles. The zero-order valence-electron chi connectivity index (χ0n) is 13.7. The normalized spacial score (nSPS) is 11.6. The molecular weight excluding hydrogens is 380 g/mol. The Morgan fingerprint density at radius 2 is 2.19 bits per heavy atom. The number of esters is 1. The van der Waals surface area contributed by atoms with Crippen molar-refractivity contribution in [2.24, 2.45) is 0 Å². The van der Waals surface area contributed by atoms with Gasteiger partial charge in [0, 0.05) is 6.54 Å². The van der Waals surface area contributed by atoms with Crippen LogP contribution in [0.1, 0.15) is 16.1 Å². The minimum Gasteiger partial charge on any atom is -0.461 e. The summed E-state index contributed by atoms with van der Waals surface area (Å²) in [5.74, 6) is -0.267. The molecule has 3 N–H and O–H groups in total. The third-order valence-corrected chi connectivity index (χ3v) is 4.84. The van der Waals surface area contributed by atoms with Gasteiger partial charge in [-0.25, -0.2) is 28.2 Å². The summed E-state index contributed by atoms with van der Waals surface area (Å²) >= 11 is 1.11. The van der Waals surface area contributed by atoms with Crippen LogP contribution in [0, 0.1) is 0 Å². The molecule has 0 amide bonds. The lowest BCUT2D eigenvalue weighted by Crippen LogP contribution is -2.13. The maximum atomic E-state index is 12.1. The molecule has 3 rings (SSSR count). The quantitative estimate of drug-likeness (QED) is 0.446. The summed E-state index contributed by atoms with van der Waals surface area (Å²) in [5, 5.41) is 1.62. The van der Waals surface area contributed by atoms with E-state index in [4.69, 9.17) is 10.5 Å². The van der Waals surface area contributed by atoms with Gasteiger partial charge in [0.25, 0.3) is 0 Å². The number of aromatic nitrogens is 4. The van der Waals surface area contributed by atoms with Crippen LogP contribution in [0.25, 0.3) is 11.2 Å². The van der Waals surface area contributed by atoms with E-state index < -0.39 is 16.0 Å². The van der Waals surface area contributed by atoms with Crippen molar-refractivity contribution in [3.63, 3.8) is 0 Å². The molecule has 3 aromatic heterocycles. The van der Waals surface area contributed by atoms with Gasteiger partial charge in [-0.2, -0.15) is 0 Å². The van der Waals surface area contributed by atoms with Crippen LogP contribution in [0.5, 0.6) is 0 Å². The number of carbonyl (C=O) groups is 1. The first kappa shape index (κ1) is 18.1. The SMILES string of the molecule is CS(=O)(=O)Nc1ccsc1C(=O)OCCCn1cnc2c(N)ncnc21. The average Bonchev–Trinajstić information content (AvgIpc) is 3.18. The third-order valence-electron chi connectivity index (χ3n) is 3.35. The van der Waals surface area contributed by atoms with Crippen molar-refractivity contribution in [1.82, 2.24) is 19.5 Å². The van der Waals surface area contributed by atoms with Crippen molar-refractivity contribution in [3.05, 3.63) is 29.0 Å². The maximum absolute atomic E-state index is 12.1. The molecular formula is C14H16N6O4S2. The number of hydrogen-bond donors (Lipinski definition) is 2. The number of thiophene rings is 1. The molecule has 26 heavy (non-hydrogen) atoms. The van der Waals surface area contributed by atoms with E-state index in [-0.39, 0.29) is 17.2 Å². The van der Waals surface area contributed by atoms with Crippen molar-refractivity contribution in [3.8, 4) is 0 Å². The fourth-order valence-corrected chi connectivity index (χ4v) is 3.65. The van der Waals surface area contributed by atoms with Crippen molar-refractivity contribution in [2.75, 3.05) is 23.3 Å². The lowest BCUT2D eigenvalue weighted by molar-refractivity contribution is 0.0503. The minimum absolute atomic E-state index is 0.162. The number of ether oxygens (including phenoxy) is 1. The maximum Gasteiger partial charge on any atom is 0.350 e. The summed E-state index contributed by atoms with van der Waals surface area (Å²) in [5.41, 5.74) is 7.09. The fraction of sp³-hybridized carbons (Fsp3) is 0.286. The topological polar surface area (TPSA) is 142 Å². The first-order chi connectivity index (χ1) is 12.3. The molecule has 138 valence electrons. The molecule has 10 nitrogen and oxygen atoms in total. The molecule has 0 bridgehead atoms. The van der Waals surface area contributed by atoms with E-state index in [0.717, 1.165) is 17.6 Å². The minimum atomic E-state index is -3.47. The number of fused-ring (bicyclic) bond motifs is 1. The summed E-state index contributed by atoms with van der Waals surface area (Å²) in [6.07, 6.45) is 4.51. The zero-order chi connectivity index (χ0) is 18.7. The smallest absolute Gasteiger partial charge is 0.350 e. The highest BCUT2D eigenvalue weighted by Gasteiger charge is 2.17. The van der Waals surface area contributed by atoms with E-state index in [0.29, 0.717) is 29.9 Å². The van der Waals surface area contributed by atoms with Crippen LogP contribution in [0.2, 0.25) is 0 Å². The molecule has 0 spiro atoms. The molecule has 0 aromatic carbocycles. The van der Waals surface area contributed by atoms with Crippen LogP contribution in [0.3, 0.4) is 0 Å². The van der Waals surface area contributed by atoms with Gasteiger partial charge in [0.1, 0.15) is 16.7 Å². The van der Waals surface area contributed by atoms with Gasteiger partial charge in [0.2, 0.25) is 10.0 Å². The predicted molar refractivity (Wildman–Crippen MR) is 97.4 cm³/mol. The second-order valence-electron chi connectivity index (χ2n) is 5.40. The fourth-order valence-electron chi connectivity index (χ4n) is 2.28. The van der Waals surface area contributed by atoms with Crippen molar-refractivity contribution >= 4 is 50.0 Å². The molecule has 0 aliphatic rings. The molecule has 0 saturated carbocycles. The summed E-state index contributed by atoms with van der Waals surface area (Å²) in [4.78, 5) is 24.5. The predicted octanol–water partition coefficient (Wildman–Crippen LogP) is 1.09. The van der Waals surface area contributed by atoms with Gasteiger partial charge >= 0.3 is 5.97 Å². The number of imidazole rings is 1. The number of carbonyl (C=O) groups excluding carboxylic acids is 1. The number of nitrogens with one attached hydrogen (secondary N) is 1. The van der Waals surface area contributed by atoms with Gasteiger partial charge in [-0.15, -0.1) is 11.3 Å². The number of anilines is 2. The van der Waals surface area contributed by atoms with Crippen LogP contribution in [0.15, 0.2) is 24.1 Å². The summed E-state index contributed by atoms with van der Waals surface area (Å²) in [6, 6.07) is 1.52. The monoisotopic (exact) mass is 396 g/mol. The molecule has 0 aliphatic carbocycles. The zero-order valence-corrected chi connectivity index (χ0v) is 15.4. The molecule has 3 heterocycles. The molecule has 0 saturated heterocycles.